The number of thioether (sulfide) groups is 1. The molecule has 0 saturated heterocycles. The van der Waals surface area contributed by atoms with E-state index < -0.39 is 0 Å². The number of aliphatic imine (C=N–C) groups is 1. The topological polar surface area (TPSA) is 24.4 Å². The monoisotopic (exact) mass is 212 g/mol. The van der Waals surface area contributed by atoms with Crippen molar-refractivity contribution in [3.05, 3.63) is 0 Å². The maximum atomic E-state index is 4.67. The van der Waals surface area contributed by atoms with Crippen molar-refractivity contribution in [2.45, 2.75) is 63.3 Å². The van der Waals surface area contributed by atoms with Crippen LogP contribution >= 0.6 is 11.8 Å². The summed E-state index contributed by atoms with van der Waals surface area (Å²) in [4.78, 5) is 4.67. The lowest BCUT2D eigenvalue weighted by molar-refractivity contribution is 0.573. The number of nitrogens with one attached hydrogen (secondary N) is 1. The molecule has 1 N–H and O–H groups in total. The molecule has 1 heterocycles. The third-order valence-corrected chi connectivity index (χ3v) is 4.25. The Kier molecular flexibility index (Phi) is 2.78. The van der Waals surface area contributed by atoms with Crippen molar-refractivity contribution >= 4 is 16.9 Å². The number of amidine groups is 1. The fraction of sp³-hybridized carbons (Fsp3) is 0.909. The zero-order chi connectivity index (χ0) is 10.2. The van der Waals surface area contributed by atoms with E-state index in [2.05, 4.69) is 31.1 Å². The standard InChI is InChI=1S/C11H20N2S/c1-4-11(5-6-11)13-10-12-8(2)7-9(3)14-10/h8-9H,4-7H2,1-3H3,(H,12,13). The van der Waals surface area contributed by atoms with Crippen LogP contribution in [0.3, 0.4) is 0 Å². The van der Waals surface area contributed by atoms with E-state index in [1.54, 1.807) is 0 Å². The van der Waals surface area contributed by atoms with Gasteiger partial charge in [0.1, 0.15) is 0 Å². The van der Waals surface area contributed by atoms with Gasteiger partial charge in [0.2, 0.25) is 0 Å². The minimum atomic E-state index is 0.419. The molecule has 2 nitrogen and oxygen atoms in total. The van der Waals surface area contributed by atoms with E-state index >= 15 is 0 Å². The van der Waals surface area contributed by atoms with Crippen LogP contribution in [0.25, 0.3) is 0 Å². The largest absolute Gasteiger partial charge is 0.359 e. The van der Waals surface area contributed by atoms with Crippen LogP contribution in [-0.2, 0) is 0 Å². The average Bonchev–Trinajstić information content (AvgIpc) is 2.83. The van der Waals surface area contributed by atoms with Gasteiger partial charge >= 0.3 is 0 Å². The first-order chi connectivity index (χ1) is 6.63. The van der Waals surface area contributed by atoms with Gasteiger partial charge in [-0.05, 0) is 32.6 Å². The van der Waals surface area contributed by atoms with Gasteiger partial charge in [0.25, 0.3) is 0 Å². The second-order valence-electron chi connectivity index (χ2n) is 4.71. The predicted molar refractivity (Wildman–Crippen MR) is 64.0 cm³/mol. The van der Waals surface area contributed by atoms with Crippen LogP contribution in [0.5, 0.6) is 0 Å². The second kappa shape index (κ2) is 3.76. The molecule has 2 unspecified atom stereocenters. The van der Waals surface area contributed by atoms with Crippen molar-refractivity contribution in [3.8, 4) is 0 Å². The van der Waals surface area contributed by atoms with Crippen molar-refractivity contribution in [3.63, 3.8) is 0 Å². The maximum Gasteiger partial charge on any atom is 0.157 e. The molecule has 0 aromatic rings. The molecule has 1 aliphatic heterocycles. The summed E-state index contributed by atoms with van der Waals surface area (Å²) in [5.74, 6) is 0. The molecule has 2 aliphatic rings. The van der Waals surface area contributed by atoms with Gasteiger partial charge in [-0.1, -0.05) is 25.6 Å². The molecule has 80 valence electrons. The Morgan fingerprint density at radius 2 is 2.21 bits per heavy atom. The lowest BCUT2D eigenvalue weighted by atomic mass is 10.2. The predicted octanol–water partition coefficient (Wildman–Crippen LogP) is 2.79. The highest BCUT2D eigenvalue weighted by atomic mass is 32.2. The summed E-state index contributed by atoms with van der Waals surface area (Å²) in [7, 11) is 0. The molecular weight excluding hydrogens is 192 g/mol. The van der Waals surface area contributed by atoms with Gasteiger partial charge in [0.15, 0.2) is 5.17 Å². The van der Waals surface area contributed by atoms with Crippen LogP contribution in [0.15, 0.2) is 4.99 Å². The first kappa shape index (κ1) is 10.3. The van der Waals surface area contributed by atoms with Gasteiger partial charge in [0, 0.05) is 10.8 Å². The normalized spacial score (nSPS) is 34.9. The molecule has 3 heteroatoms. The van der Waals surface area contributed by atoms with Gasteiger partial charge in [-0.2, -0.15) is 0 Å². The molecule has 2 rings (SSSR count). The third-order valence-electron chi connectivity index (χ3n) is 3.23. The molecule has 0 aromatic heterocycles. The molecule has 0 spiro atoms. The number of nitrogens with zero attached hydrogens (tertiary/aromatic N) is 1. The summed E-state index contributed by atoms with van der Waals surface area (Å²) in [5.41, 5.74) is 0.419. The van der Waals surface area contributed by atoms with Gasteiger partial charge in [-0.25, -0.2) is 0 Å². The summed E-state index contributed by atoms with van der Waals surface area (Å²) in [6.07, 6.45) is 5.10. The highest BCUT2D eigenvalue weighted by Gasteiger charge is 2.42. The average molecular weight is 212 g/mol. The Morgan fingerprint density at radius 3 is 2.71 bits per heavy atom. The highest BCUT2D eigenvalue weighted by Crippen LogP contribution is 2.39. The minimum Gasteiger partial charge on any atom is -0.359 e. The number of rotatable bonds is 2. The molecule has 0 radical (unpaired) electrons. The van der Waals surface area contributed by atoms with E-state index in [0.29, 0.717) is 11.6 Å². The van der Waals surface area contributed by atoms with Crippen LogP contribution in [0.2, 0.25) is 0 Å². The van der Waals surface area contributed by atoms with Crippen LogP contribution in [0, 0.1) is 0 Å². The Balaban J connectivity index is 1.97. The second-order valence-corrected chi connectivity index (χ2v) is 6.13. The fourth-order valence-electron chi connectivity index (χ4n) is 2.01. The summed E-state index contributed by atoms with van der Waals surface area (Å²) < 4.78 is 0. The van der Waals surface area contributed by atoms with Crippen molar-refractivity contribution in [1.82, 2.24) is 5.32 Å². The van der Waals surface area contributed by atoms with E-state index in [-0.39, 0.29) is 0 Å². The summed E-state index contributed by atoms with van der Waals surface area (Å²) >= 11 is 1.91. The van der Waals surface area contributed by atoms with Crippen molar-refractivity contribution < 1.29 is 0 Å². The van der Waals surface area contributed by atoms with E-state index in [9.17, 15) is 0 Å². The maximum absolute atomic E-state index is 4.67. The molecule has 0 aromatic carbocycles. The Labute approximate surface area is 90.9 Å². The van der Waals surface area contributed by atoms with Gasteiger partial charge < -0.3 is 5.32 Å². The first-order valence-electron chi connectivity index (χ1n) is 5.66. The van der Waals surface area contributed by atoms with Crippen molar-refractivity contribution in [2.75, 3.05) is 0 Å². The van der Waals surface area contributed by atoms with E-state index in [0.717, 1.165) is 5.25 Å². The van der Waals surface area contributed by atoms with Crippen LogP contribution in [0.4, 0.5) is 0 Å². The third kappa shape index (κ3) is 2.25. The minimum absolute atomic E-state index is 0.419. The van der Waals surface area contributed by atoms with Gasteiger partial charge in [-0.15, -0.1) is 0 Å². The molecule has 1 aliphatic carbocycles. The molecule has 0 bridgehead atoms. The van der Waals surface area contributed by atoms with Crippen LogP contribution < -0.4 is 5.32 Å². The van der Waals surface area contributed by atoms with Gasteiger partial charge in [0.05, 0.1) is 6.04 Å². The smallest absolute Gasteiger partial charge is 0.157 e. The number of hydrogen-bond donors (Lipinski definition) is 1. The fourth-order valence-corrected chi connectivity index (χ4v) is 3.28. The molecule has 14 heavy (non-hydrogen) atoms. The Bertz CT molecular complexity index is 246. The molecule has 1 fully saturated rings. The van der Waals surface area contributed by atoms with E-state index in [1.165, 1.54) is 30.9 Å². The molecule has 1 saturated carbocycles. The van der Waals surface area contributed by atoms with Crippen LogP contribution in [0.1, 0.15) is 46.5 Å². The molecular formula is C11H20N2S. The lowest BCUT2D eigenvalue weighted by Crippen LogP contribution is -2.38. The zero-order valence-electron chi connectivity index (χ0n) is 9.34. The van der Waals surface area contributed by atoms with E-state index in [4.69, 9.17) is 0 Å². The van der Waals surface area contributed by atoms with Gasteiger partial charge in [-0.3, -0.25) is 4.99 Å². The molecule has 2 atom stereocenters. The van der Waals surface area contributed by atoms with Crippen LogP contribution in [-0.4, -0.2) is 22.0 Å². The SMILES string of the molecule is CCC1(NC2=NC(C)CC(C)S2)CC1. The Morgan fingerprint density at radius 1 is 1.50 bits per heavy atom. The quantitative estimate of drug-likeness (QED) is 0.761. The highest BCUT2D eigenvalue weighted by molar-refractivity contribution is 8.14. The summed E-state index contributed by atoms with van der Waals surface area (Å²) in [6, 6.07) is 0.501. The Hall–Kier alpha value is -0.180. The number of hydrogen-bond acceptors (Lipinski definition) is 3. The lowest BCUT2D eigenvalue weighted by Gasteiger charge is -2.26. The first-order valence-corrected chi connectivity index (χ1v) is 6.54. The summed E-state index contributed by atoms with van der Waals surface area (Å²) in [6.45, 7) is 6.77. The zero-order valence-corrected chi connectivity index (χ0v) is 10.2. The van der Waals surface area contributed by atoms with Crippen molar-refractivity contribution in [2.24, 2.45) is 4.99 Å². The van der Waals surface area contributed by atoms with Crippen molar-refractivity contribution in [1.29, 1.82) is 0 Å². The molecule has 0 amide bonds. The summed E-state index contributed by atoms with van der Waals surface area (Å²) in [5, 5.41) is 5.54. The van der Waals surface area contributed by atoms with E-state index in [1.807, 2.05) is 11.8 Å².